The van der Waals surface area contributed by atoms with E-state index in [-0.39, 0.29) is 11.4 Å². The lowest BCUT2D eigenvalue weighted by molar-refractivity contribution is 0.623. The highest BCUT2D eigenvalue weighted by Crippen LogP contribution is 2.33. The van der Waals surface area contributed by atoms with Crippen LogP contribution >= 0.6 is 0 Å². The van der Waals surface area contributed by atoms with Gasteiger partial charge in [-0.3, -0.25) is 4.79 Å². The number of hydrogen-bond acceptors (Lipinski definition) is 7. The van der Waals surface area contributed by atoms with Crippen LogP contribution in [-0.4, -0.2) is 36.6 Å². The van der Waals surface area contributed by atoms with E-state index in [2.05, 4.69) is 24.9 Å². The summed E-state index contributed by atoms with van der Waals surface area (Å²) in [6.07, 6.45) is 2.94. The van der Waals surface area contributed by atoms with E-state index in [9.17, 15) is 9.18 Å². The fourth-order valence-corrected chi connectivity index (χ4v) is 3.45. The van der Waals surface area contributed by atoms with E-state index < -0.39 is 11.4 Å². The van der Waals surface area contributed by atoms with Crippen molar-refractivity contribution in [2.45, 2.75) is 13.0 Å². The maximum absolute atomic E-state index is 14.2. The zero-order valence-corrected chi connectivity index (χ0v) is 13.9. The summed E-state index contributed by atoms with van der Waals surface area (Å²) in [6, 6.07) is 4.13. The molecule has 1 atom stereocenters. The molecule has 0 fully saturated rings. The monoisotopic (exact) mass is 352 g/mol. The predicted molar refractivity (Wildman–Crippen MR) is 92.7 cm³/mol. The van der Waals surface area contributed by atoms with E-state index in [1.54, 1.807) is 29.3 Å². The Morgan fingerprint density at radius 3 is 2.92 bits per heavy atom. The second-order valence-corrected chi connectivity index (χ2v) is 6.03. The number of aromatic amines is 1. The highest BCUT2D eigenvalue weighted by atomic mass is 19.1. The van der Waals surface area contributed by atoms with Crippen LogP contribution in [0.1, 0.15) is 18.8 Å². The first-order valence-electron chi connectivity index (χ1n) is 7.96. The Hall–Kier alpha value is -3.56. The molecule has 1 aromatic carbocycles. The van der Waals surface area contributed by atoms with Crippen LogP contribution in [0.5, 0.6) is 0 Å². The molecule has 1 aliphatic heterocycles. The zero-order valence-electron chi connectivity index (χ0n) is 13.9. The van der Waals surface area contributed by atoms with E-state index in [1.807, 2.05) is 6.92 Å². The minimum atomic E-state index is -0.590. The highest BCUT2D eigenvalue weighted by Gasteiger charge is 2.37. The second kappa shape index (κ2) is 4.97. The molecule has 0 saturated carbocycles. The van der Waals surface area contributed by atoms with Gasteiger partial charge in [0.05, 0.1) is 11.8 Å². The third kappa shape index (κ3) is 1.75. The molecule has 26 heavy (non-hydrogen) atoms. The number of nitrogens with zero attached hydrogens (tertiary/aromatic N) is 7. The summed E-state index contributed by atoms with van der Waals surface area (Å²) in [5, 5.41) is 3.35. The molecule has 0 unspecified atom stereocenters. The first kappa shape index (κ1) is 14.8. The number of nitrogens with one attached hydrogen (secondary N) is 1. The van der Waals surface area contributed by atoms with Crippen LogP contribution in [0, 0.1) is 5.82 Å². The molecule has 0 radical (unpaired) electrons. The highest BCUT2D eigenvalue weighted by molar-refractivity contribution is 5.84. The van der Waals surface area contributed by atoms with Gasteiger partial charge in [-0.25, -0.2) is 34.5 Å². The van der Waals surface area contributed by atoms with Crippen LogP contribution in [0.3, 0.4) is 0 Å². The van der Waals surface area contributed by atoms with Crippen molar-refractivity contribution in [3.05, 3.63) is 52.8 Å². The van der Waals surface area contributed by atoms with Gasteiger partial charge in [0.2, 0.25) is 0 Å². The second-order valence-electron chi connectivity index (χ2n) is 6.03. The Morgan fingerprint density at radius 2 is 2.08 bits per heavy atom. The molecule has 0 amide bonds. The molecule has 4 heterocycles. The van der Waals surface area contributed by atoms with E-state index in [0.717, 1.165) is 0 Å². The fourth-order valence-electron chi connectivity index (χ4n) is 3.45. The van der Waals surface area contributed by atoms with E-state index in [1.165, 1.54) is 23.4 Å². The summed E-state index contributed by atoms with van der Waals surface area (Å²) < 4.78 is 15.6. The summed E-state index contributed by atoms with van der Waals surface area (Å²) >= 11 is 0. The molecule has 0 saturated heterocycles. The number of hydrogen-bond donors (Lipinski definition) is 1. The number of imidazole rings is 1. The van der Waals surface area contributed by atoms with Crippen molar-refractivity contribution in [1.82, 2.24) is 29.6 Å². The summed E-state index contributed by atoms with van der Waals surface area (Å²) in [7, 11) is 1.70. The van der Waals surface area contributed by atoms with Crippen LogP contribution in [0.4, 0.5) is 10.2 Å². The van der Waals surface area contributed by atoms with Gasteiger partial charge in [0.1, 0.15) is 29.1 Å². The third-order valence-corrected chi connectivity index (χ3v) is 4.61. The van der Waals surface area contributed by atoms with Crippen LogP contribution in [0.25, 0.3) is 22.1 Å². The summed E-state index contributed by atoms with van der Waals surface area (Å²) in [6.45, 7) is 1.90. The van der Waals surface area contributed by atoms with Gasteiger partial charge in [-0.2, -0.15) is 4.68 Å². The molecule has 1 N–H and O–H groups in total. The quantitative estimate of drug-likeness (QED) is 0.551. The molecule has 9 nitrogen and oxygen atoms in total. The van der Waals surface area contributed by atoms with Crippen LogP contribution in [-0.2, 0) is 0 Å². The average molecular weight is 352 g/mol. The van der Waals surface area contributed by atoms with Gasteiger partial charge in [-0.15, -0.1) is 0 Å². The normalized spacial score (nSPS) is 16.7. The van der Waals surface area contributed by atoms with Gasteiger partial charge in [0, 0.05) is 7.05 Å². The molecule has 5 rings (SSSR count). The van der Waals surface area contributed by atoms with Crippen molar-refractivity contribution in [1.29, 1.82) is 0 Å². The molecular formula is C16H13FN8O. The average Bonchev–Trinajstić information content (AvgIpc) is 3.19. The third-order valence-electron chi connectivity index (χ3n) is 4.61. The number of fused-ring (bicyclic) bond motifs is 3. The molecule has 130 valence electrons. The van der Waals surface area contributed by atoms with E-state index in [0.29, 0.717) is 28.3 Å². The van der Waals surface area contributed by atoms with Crippen molar-refractivity contribution in [3.8, 4) is 0 Å². The Kier molecular flexibility index (Phi) is 2.82. The van der Waals surface area contributed by atoms with Gasteiger partial charge in [-0.1, -0.05) is 6.07 Å². The number of H-pyrrole nitrogens is 1. The molecular weight excluding hydrogens is 339 g/mol. The number of halogens is 1. The molecule has 10 heteroatoms. The Balaban J connectivity index is 1.78. The van der Waals surface area contributed by atoms with Crippen molar-refractivity contribution in [2.75, 3.05) is 17.2 Å². The van der Waals surface area contributed by atoms with Crippen molar-refractivity contribution < 1.29 is 4.39 Å². The standard InChI is InChI=1S/C16H13FN8O/c1-8-14-22-10-5-3-4-9(17)11(10)16(26)25(14)23(2)24(8)15-12-13(19-6-18-12)20-7-21-15/h3-8H,1-2H3,(H,18,19,20,21)/t8-/m0/s1. The van der Waals surface area contributed by atoms with E-state index in [4.69, 9.17) is 0 Å². The van der Waals surface area contributed by atoms with Gasteiger partial charge >= 0.3 is 0 Å². The predicted octanol–water partition coefficient (Wildman–Crippen LogP) is 1.27. The molecule has 1 aliphatic rings. The van der Waals surface area contributed by atoms with Gasteiger partial charge < -0.3 is 4.98 Å². The first-order valence-corrected chi connectivity index (χ1v) is 7.96. The van der Waals surface area contributed by atoms with Crippen LogP contribution < -0.4 is 15.7 Å². The number of aromatic nitrogens is 6. The van der Waals surface area contributed by atoms with Gasteiger partial charge in [0.15, 0.2) is 17.3 Å². The molecule has 0 bridgehead atoms. The number of benzene rings is 1. The maximum atomic E-state index is 14.2. The van der Waals surface area contributed by atoms with Gasteiger partial charge in [-0.05, 0) is 19.1 Å². The Morgan fingerprint density at radius 1 is 1.23 bits per heavy atom. The summed E-state index contributed by atoms with van der Waals surface area (Å²) in [5.41, 5.74) is 1.03. The van der Waals surface area contributed by atoms with Crippen molar-refractivity contribution >= 4 is 27.9 Å². The Bertz CT molecular complexity index is 1230. The lowest BCUT2D eigenvalue weighted by Crippen LogP contribution is -2.46. The molecule has 0 aliphatic carbocycles. The summed E-state index contributed by atoms with van der Waals surface area (Å²) in [5.74, 6) is 0.464. The largest absolute Gasteiger partial charge is 0.340 e. The van der Waals surface area contributed by atoms with Crippen LogP contribution in [0.15, 0.2) is 35.6 Å². The first-order chi connectivity index (χ1) is 12.6. The van der Waals surface area contributed by atoms with Crippen molar-refractivity contribution in [3.63, 3.8) is 0 Å². The number of rotatable bonds is 1. The lowest BCUT2D eigenvalue weighted by atomic mass is 10.2. The van der Waals surface area contributed by atoms with Crippen LogP contribution in [0.2, 0.25) is 0 Å². The topological polar surface area (TPSA) is 95.8 Å². The molecule has 3 aromatic heterocycles. The molecule has 0 spiro atoms. The lowest BCUT2D eigenvalue weighted by Gasteiger charge is -2.29. The Labute approximate surface area is 145 Å². The SMILES string of the molecule is C[C@H]1c2nc3cccc(F)c3c(=O)n2N(C)N1c1ncnc2nc[nH]c12. The van der Waals surface area contributed by atoms with Gasteiger partial charge in [0.25, 0.3) is 5.56 Å². The summed E-state index contributed by atoms with van der Waals surface area (Å²) in [4.78, 5) is 33.1. The minimum Gasteiger partial charge on any atom is -0.340 e. The smallest absolute Gasteiger partial charge is 0.284 e. The van der Waals surface area contributed by atoms with Crippen molar-refractivity contribution in [2.24, 2.45) is 0 Å². The number of hydrazine groups is 1. The maximum Gasteiger partial charge on any atom is 0.284 e. The van der Waals surface area contributed by atoms with E-state index >= 15 is 0 Å². The number of anilines is 1. The minimum absolute atomic E-state index is 0.0356. The zero-order chi connectivity index (χ0) is 18.0. The fraction of sp³-hybridized carbons (Fsp3) is 0.188. The molecule has 4 aromatic rings.